The van der Waals surface area contributed by atoms with Crippen LogP contribution in [0.15, 0.2) is 48.7 Å². The second-order valence-corrected chi connectivity index (χ2v) is 5.15. The Labute approximate surface area is 128 Å². The monoisotopic (exact) mass is 292 g/mol. The zero-order valence-corrected chi connectivity index (χ0v) is 12.4. The van der Waals surface area contributed by atoms with Gasteiger partial charge >= 0.3 is 0 Å². The lowest BCUT2D eigenvalue weighted by Crippen LogP contribution is -2.13. The minimum atomic E-state index is -0.219. The first-order valence-corrected chi connectivity index (χ1v) is 6.99. The quantitative estimate of drug-likeness (QED) is 0.777. The highest BCUT2D eigenvalue weighted by Crippen LogP contribution is 2.18. The summed E-state index contributed by atoms with van der Waals surface area (Å²) in [7, 11) is 0. The number of carbonyl (C=O) groups is 1. The SMILES string of the molecule is Cc1ccc(C)c(NC(=O)c2cc(-c3ccccn3)n[nH]2)c1. The highest BCUT2D eigenvalue weighted by molar-refractivity contribution is 6.03. The Hall–Kier alpha value is -2.95. The zero-order valence-electron chi connectivity index (χ0n) is 12.4. The van der Waals surface area contributed by atoms with Crippen molar-refractivity contribution < 1.29 is 4.79 Å². The maximum atomic E-state index is 12.3. The maximum Gasteiger partial charge on any atom is 0.273 e. The summed E-state index contributed by atoms with van der Waals surface area (Å²) in [6, 6.07) is 13.2. The molecule has 1 amide bonds. The average Bonchev–Trinajstić information content (AvgIpc) is 3.02. The van der Waals surface area contributed by atoms with Crippen molar-refractivity contribution in [2.75, 3.05) is 5.32 Å². The van der Waals surface area contributed by atoms with Gasteiger partial charge in [-0.1, -0.05) is 18.2 Å². The van der Waals surface area contributed by atoms with Gasteiger partial charge in [-0.2, -0.15) is 5.10 Å². The van der Waals surface area contributed by atoms with Gasteiger partial charge in [-0.05, 0) is 49.2 Å². The first-order chi connectivity index (χ1) is 10.6. The molecular formula is C17H16N4O. The Kier molecular flexibility index (Phi) is 3.70. The number of anilines is 1. The summed E-state index contributed by atoms with van der Waals surface area (Å²) in [5, 5.41) is 9.80. The molecule has 2 N–H and O–H groups in total. The van der Waals surface area contributed by atoms with E-state index in [-0.39, 0.29) is 5.91 Å². The van der Waals surface area contributed by atoms with E-state index in [0.717, 1.165) is 22.5 Å². The molecule has 0 aliphatic heterocycles. The molecule has 0 aliphatic carbocycles. The second-order valence-electron chi connectivity index (χ2n) is 5.15. The number of rotatable bonds is 3. The number of benzene rings is 1. The molecule has 5 heteroatoms. The van der Waals surface area contributed by atoms with Gasteiger partial charge in [0.25, 0.3) is 5.91 Å². The fourth-order valence-electron chi connectivity index (χ4n) is 2.14. The van der Waals surface area contributed by atoms with Crippen LogP contribution in [0.25, 0.3) is 11.4 Å². The Balaban J connectivity index is 1.81. The number of hydrogen-bond acceptors (Lipinski definition) is 3. The molecule has 0 aliphatic rings. The molecule has 2 aromatic heterocycles. The Morgan fingerprint density at radius 2 is 1.95 bits per heavy atom. The van der Waals surface area contributed by atoms with Gasteiger partial charge < -0.3 is 5.32 Å². The molecule has 0 saturated heterocycles. The van der Waals surface area contributed by atoms with Gasteiger partial charge in [0.05, 0.1) is 5.69 Å². The van der Waals surface area contributed by atoms with Crippen LogP contribution in [0.4, 0.5) is 5.69 Å². The van der Waals surface area contributed by atoms with Crippen molar-refractivity contribution >= 4 is 11.6 Å². The van der Waals surface area contributed by atoms with Crippen molar-refractivity contribution in [1.29, 1.82) is 0 Å². The Morgan fingerprint density at radius 3 is 2.73 bits per heavy atom. The van der Waals surface area contributed by atoms with Crippen LogP contribution >= 0.6 is 0 Å². The van der Waals surface area contributed by atoms with Crippen molar-refractivity contribution in [2.24, 2.45) is 0 Å². The van der Waals surface area contributed by atoms with E-state index in [2.05, 4.69) is 20.5 Å². The Morgan fingerprint density at radius 1 is 1.09 bits per heavy atom. The molecule has 5 nitrogen and oxygen atoms in total. The fraction of sp³-hybridized carbons (Fsp3) is 0.118. The molecule has 3 aromatic rings. The number of nitrogens with one attached hydrogen (secondary N) is 2. The molecule has 3 rings (SSSR count). The molecule has 110 valence electrons. The normalized spacial score (nSPS) is 10.5. The van der Waals surface area contributed by atoms with Gasteiger partial charge in [0.15, 0.2) is 0 Å². The van der Waals surface area contributed by atoms with Crippen molar-refractivity contribution in [3.05, 3.63) is 65.5 Å². The summed E-state index contributed by atoms with van der Waals surface area (Å²) in [5.74, 6) is -0.219. The fourth-order valence-corrected chi connectivity index (χ4v) is 2.14. The third kappa shape index (κ3) is 2.88. The molecule has 0 unspecified atom stereocenters. The minimum Gasteiger partial charge on any atom is -0.320 e. The summed E-state index contributed by atoms with van der Waals surface area (Å²) in [6.07, 6.45) is 1.69. The summed E-state index contributed by atoms with van der Waals surface area (Å²) in [5.41, 5.74) is 4.69. The number of nitrogens with zero attached hydrogens (tertiary/aromatic N) is 2. The van der Waals surface area contributed by atoms with Crippen molar-refractivity contribution in [3.63, 3.8) is 0 Å². The van der Waals surface area contributed by atoms with E-state index in [4.69, 9.17) is 0 Å². The van der Waals surface area contributed by atoms with E-state index in [0.29, 0.717) is 11.4 Å². The molecule has 0 spiro atoms. The van der Waals surface area contributed by atoms with Crippen LogP contribution in [0.5, 0.6) is 0 Å². The molecule has 1 aromatic carbocycles. The molecule has 0 atom stereocenters. The first-order valence-electron chi connectivity index (χ1n) is 6.99. The molecule has 22 heavy (non-hydrogen) atoms. The zero-order chi connectivity index (χ0) is 15.5. The first kappa shape index (κ1) is 14.0. The molecule has 0 fully saturated rings. The lowest BCUT2D eigenvalue weighted by Gasteiger charge is -2.08. The molecular weight excluding hydrogens is 276 g/mol. The number of amides is 1. The van der Waals surface area contributed by atoms with Crippen LogP contribution in [0.3, 0.4) is 0 Å². The smallest absolute Gasteiger partial charge is 0.273 e. The van der Waals surface area contributed by atoms with Crippen LogP contribution < -0.4 is 5.32 Å². The van der Waals surface area contributed by atoms with E-state index in [1.165, 1.54) is 0 Å². The van der Waals surface area contributed by atoms with Gasteiger partial charge in [-0.3, -0.25) is 14.9 Å². The van der Waals surface area contributed by atoms with Gasteiger partial charge in [-0.15, -0.1) is 0 Å². The van der Waals surface area contributed by atoms with Crippen LogP contribution in [-0.2, 0) is 0 Å². The van der Waals surface area contributed by atoms with E-state index >= 15 is 0 Å². The second kappa shape index (κ2) is 5.81. The van der Waals surface area contributed by atoms with Gasteiger partial charge in [0.1, 0.15) is 11.4 Å². The van der Waals surface area contributed by atoms with Crippen molar-refractivity contribution in [3.8, 4) is 11.4 Å². The molecule has 0 radical (unpaired) electrons. The van der Waals surface area contributed by atoms with Crippen LogP contribution in [0.1, 0.15) is 21.6 Å². The number of aromatic amines is 1. The number of carbonyl (C=O) groups excluding carboxylic acids is 1. The van der Waals surface area contributed by atoms with E-state index in [1.54, 1.807) is 12.3 Å². The molecule has 0 saturated carbocycles. The van der Waals surface area contributed by atoms with Crippen LogP contribution in [0, 0.1) is 13.8 Å². The summed E-state index contributed by atoms with van der Waals surface area (Å²) < 4.78 is 0. The third-order valence-corrected chi connectivity index (χ3v) is 3.39. The number of H-pyrrole nitrogens is 1. The predicted molar refractivity (Wildman–Crippen MR) is 85.7 cm³/mol. The highest BCUT2D eigenvalue weighted by Gasteiger charge is 2.12. The number of aryl methyl sites for hydroxylation is 2. The van der Waals surface area contributed by atoms with E-state index in [9.17, 15) is 4.79 Å². The van der Waals surface area contributed by atoms with Crippen molar-refractivity contribution in [1.82, 2.24) is 15.2 Å². The Bertz CT molecular complexity index is 809. The number of hydrogen-bond donors (Lipinski definition) is 2. The standard InChI is InChI=1S/C17H16N4O/c1-11-6-7-12(2)14(9-11)19-17(22)16-10-15(20-21-16)13-5-3-4-8-18-13/h3-10H,1-2H3,(H,19,22)(H,20,21). The topological polar surface area (TPSA) is 70.7 Å². The summed E-state index contributed by atoms with van der Waals surface area (Å²) in [6.45, 7) is 3.95. The number of pyridine rings is 1. The van der Waals surface area contributed by atoms with Gasteiger partial charge in [0.2, 0.25) is 0 Å². The lowest BCUT2D eigenvalue weighted by molar-refractivity contribution is 0.102. The van der Waals surface area contributed by atoms with Gasteiger partial charge in [0, 0.05) is 11.9 Å². The maximum absolute atomic E-state index is 12.3. The highest BCUT2D eigenvalue weighted by atomic mass is 16.1. The van der Waals surface area contributed by atoms with E-state index < -0.39 is 0 Å². The number of aromatic nitrogens is 3. The largest absolute Gasteiger partial charge is 0.320 e. The lowest BCUT2D eigenvalue weighted by atomic mass is 10.1. The summed E-state index contributed by atoms with van der Waals surface area (Å²) in [4.78, 5) is 16.5. The third-order valence-electron chi connectivity index (χ3n) is 3.39. The van der Waals surface area contributed by atoms with E-state index in [1.807, 2.05) is 50.2 Å². The van der Waals surface area contributed by atoms with Crippen molar-refractivity contribution in [2.45, 2.75) is 13.8 Å². The minimum absolute atomic E-state index is 0.219. The van der Waals surface area contributed by atoms with Gasteiger partial charge in [-0.25, -0.2) is 0 Å². The summed E-state index contributed by atoms with van der Waals surface area (Å²) >= 11 is 0. The van der Waals surface area contributed by atoms with Crippen LogP contribution in [0.2, 0.25) is 0 Å². The molecule has 0 bridgehead atoms. The molecule has 2 heterocycles. The predicted octanol–water partition coefficient (Wildman–Crippen LogP) is 3.34. The average molecular weight is 292 g/mol. The van der Waals surface area contributed by atoms with Crippen LogP contribution in [-0.4, -0.2) is 21.1 Å².